The molecule has 0 radical (unpaired) electrons. The van der Waals surface area contributed by atoms with Crippen molar-refractivity contribution in [1.82, 2.24) is 15.5 Å². The second-order valence-electron chi connectivity index (χ2n) is 8.97. The highest BCUT2D eigenvalue weighted by Crippen LogP contribution is 2.31. The zero-order chi connectivity index (χ0) is 25.3. The maximum atomic E-state index is 13.4. The number of hydrogen-bond acceptors (Lipinski definition) is 3. The third kappa shape index (κ3) is 4.43. The molecule has 7 heteroatoms. The van der Waals surface area contributed by atoms with Crippen LogP contribution in [0.15, 0.2) is 97.1 Å². The summed E-state index contributed by atoms with van der Waals surface area (Å²) in [4.78, 5) is 40.3. The molecule has 36 heavy (non-hydrogen) atoms. The van der Waals surface area contributed by atoms with E-state index in [0.717, 1.165) is 26.8 Å². The number of imide groups is 1. The number of benzene rings is 4. The normalized spacial score (nSPS) is 18.2. The molecule has 1 aliphatic rings. The van der Waals surface area contributed by atoms with Gasteiger partial charge < -0.3 is 10.6 Å². The fraction of sp³-hybridized carbons (Fsp3) is 0.138. The number of amides is 4. The predicted molar refractivity (Wildman–Crippen MR) is 139 cm³/mol. The molecule has 4 aromatic rings. The van der Waals surface area contributed by atoms with Gasteiger partial charge in [0.05, 0.1) is 6.04 Å². The minimum Gasteiger partial charge on any atom is -0.344 e. The Morgan fingerprint density at radius 3 is 2.25 bits per heavy atom. The molecule has 2 atom stereocenters. The lowest BCUT2D eigenvalue weighted by molar-refractivity contribution is -0.135. The van der Waals surface area contributed by atoms with Crippen LogP contribution in [-0.4, -0.2) is 29.3 Å². The summed E-state index contributed by atoms with van der Waals surface area (Å²) in [6, 6.07) is 29.0. The molecule has 4 aromatic carbocycles. The van der Waals surface area contributed by atoms with Crippen molar-refractivity contribution in [1.29, 1.82) is 0 Å². The highest BCUT2D eigenvalue weighted by Gasteiger charge is 2.49. The van der Waals surface area contributed by atoms with Gasteiger partial charge in [-0.1, -0.05) is 90.5 Å². The van der Waals surface area contributed by atoms with Crippen LogP contribution < -0.4 is 10.6 Å². The first-order chi connectivity index (χ1) is 17.3. The predicted octanol–water partition coefficient (Wildman–Crippen LogP) is 5.17. The fourth-order valence-electron chi connectivity index (χ4n) is 4.55. The molecular weight excluding hydrogens is 474 g/mol. The molecule has 0 bridgehead atoms. The van der Waals surface area contributed by atoms with E-state index in [4.69, 9.17) is 11.6 Å². The first-order valence-electron chi connectivity index (χ1n) is 11.6. The number of urea groups is 1. The molecule has 1 aliphatic heterocycles. The summed E-state index contributed by atoms with van der Waals surface area (Å²) in [5.74, 6) is -0.925. The molecule has 0 saturated carbocycles. The first-order valence-corrected chi connectivity index (χ1v) is 12.0. The lowest BCUT2D eigenvalue weighted by Crippen LogP contribution is -2.44. The molecule has 2 N–H and O–H groups in total. The number of fused-ring (bicyclic) bond motifs is 1. The molecule has 1 saturated heterocycles. The standard InChI is InChI=1S/C29H24ClN3O3/c1-29(23-14-11-19-7-5-6-10-22(19)17-23)27(35)33(28(36)32-29)18-25(34)31-26(20-8-3-2-4-9-20)21-12-15-24(30)16-13-21/h2-17,26H,18H2,1H3,(H,31,34)(H,32,36)/t26-,29-/m1/s1. The lowest BCUT2D eigenvalue weighted by Gasteiger charge is -2.23. The summed E-state index contributed by atoms with van der Waals surface area (Å²) in [5.41, 5.74) is 1.09. The van der Waals surface area contributed by atoms with E-state index in [1.165, 1.54) is 0 Å². The third-order valence-electron chi connectivity index (χ3n) is 6.55. The number of nitrogens with one attached hydrogen (secondary N) is 2. The Hall–Kier alpha value is -4.16. The van der Waals surface area contributed by atoms with E-state index in [9.17, 15) is 14.4 Å². The van der Waals surface area contributed by atoms with Gasteiger partial charge in [0.2, 0.25) is 5.91 Å². The second kappa shape index (κ2) is 9.47. The minimum absolute atomic E-state index is 0.398. The van der Waals surface area contributed by atoms with Crippen LogP contribution in [-0.2, 0) is 15.1 Å². The number of nitrogens with zero attached hydrogens (tertiary/aromatic N) is 1. The van der Waals surface area contributed by atoms with Crippen LogP contribution in [0, 0.1) is 0 Å². The molecule has 0 spiro atoms. The molecule has 0 aromatic heterocycles. The number of carbonyl (C=O) groups excluding carboxylic acids is 3. The van der Waals surface area contributed by atoms with Crippen LogP contribution in [0.4, 0.5) is 4.79 Å². The van der Waals surface area contributed by atoms with E-state index in [1.807, 2.05) is 84.9 Å². The number of hydrogen-bond donors (Lipinski definition) is 2. The quantitative estimate of drug-likeness (QED) is 0.361. The van der Waals surface area contributed by atoms with Gasteiger partial charge in [0.15, 0.2) is 0 Å². The van der Waals surface area contributed by atoms with Crippen molar-refractivity contribution >= 4 is 40.2 Å². The van der Waals surface area contributed by atoms with Gasteiger partial charge in [-0.2, -0.15) is 0 Å². The van der Waals surface area contributed by atoms with Crippen molar-refractivity contribution in [2.45, 2.75) is 18.5 Å². The van der Waals surface area contributed by atoms with Crippen LogP contribution in [0.1, 0.15) is 29.7 Å². The minimum atomic E-state index is -1.27. The molecule has 1 heterocycles. The Labute approximate surface area is 213 Å². The molecule has 6 nitrogen and oxygen atoms in total. The summed E-state index contributed by atoms with van der Waals surface area (Å²) in [6.07, 6.45) is 0. The Morgan fingerprint density at radius 2 is 1.53 bits per heavy atom. The maximum Gasteiger partial charge on any atom is 0.325 e. The molecule has 0 unspecified atom stereocenters. The Balaban J connectivity index is 1.37. The summed E-state index contributed by atoms with van der Waals surface area (Å²) in [7, 11) is 0. The SMILES string of the molecule is C[C@]1(c2ccc3ccccc3c2)NC(=O)N(CC(=O)N[C@H](c2ccccc2)c2ccc(Cl)cc2)C1=O. The van der Waals surface area contributed by atoms with E-state index in [0.29, 0.717) is 10.6 Å². The van der Waals surface area contributed by atoms with Crippen LogP contribution in [0.2, 0.25) is 5.02 Å². The Kier molecular flexibility index (Phi) is 6.20. The van der Waals surface area contributed by atoms with Crippen molar-refractivity contribution < 1.29 is 14.4 Å². The summed E-state index contributed by atoms with van der Waals surface area (Å²) in [5, 5.41) is 8.34. The van der Waals surface area contributed by atoms with E-state index in [2.05, 4.69) is 10.6 Å². The molecule has 1 fully saturated rings. The molecule has 0 aliphatic carbocycles. The van der Waals surface area contributed by atoms with E-state index in [-0.39, 0.29) is 0 Å². The Bertz CT molecular complexity index is 1460. The summed E-state index contributed by atoms with van der Waals surface area (Å²) < 4.78 is 0. The molecule has 4 amide bonds. The van der Waals surface area contributed by atoms with Crippen molar-refractivity contribution in [3.63, 3.8) is 0 Å². The van der Waals surface area contributed by atoms with E-state index >= 15 is 0 Å². The van der Waals surface area contributed by atoms with Crippen molar-refractivity contribution in [3.8, 4) is 0 Å². The van der Waals surface area contributed by atoms with Gasteiger partial charge in [0.25, 0.3) is 5.91 Å². The number of carbonyl (C=O) groups is 3. The smallest absolute Gasteiger partial charge is 0.325 e. The van der Waals surface area contributed by atoms with Gasteiger partial charge >= 0.3 is 6.03 Å². The average molecular weight is 498 g/mol. The molecular formula is C29H24ClN3O3. The number of halogens is 1. The zero-order valence-corrected chi connectivity index (χ0v) is 20.3. The zero-order valence-electron chi connectivity index (χ0n) is 19.6. The van der Waals surface area contributed by atoms with Crippen molar-refractivity contribution in [3.05, 3.63) is 119 Å². The van der Waals surface area contributed by atoms with Gasteiger partial charge in [0, 0.05) is 5.02 Å². The van der Waals surface area contributed by atoms with Gasteiger partial charge in [0.1, 0.15) is 12.1 Å². The Morgan fingerprint density at radius 1 is 0.889 bits per heavy atom. The summed E-state index contributed by atoms with van der Waals surface area (Å²) in [6.45, 7) is 1.26. The fourth-order valence-corrected chi connectivity index (χ4v) is 4.67. The van der Waals surface area contributed by atoms with Gasteiger partial charge in [-0.25, -0.2) is 4.79 Å². The summed E-state index contributed by atoms with van der Waals surface area (Å²) >= 11 is 6.05. The monoisotopic (exact) mass is 497 g/mol. The largest absolute Gasteiger partial charge is 0.344 e. The number of rotatable bonds is 6. The topological polar surface area (TPSA) is 78.5 Å². The molecule has 180 valence electrons. The van der Waals surface area contributed by atoms with Gasteiger partial charge in [-0.05, 0) is 52.6 Å². The van der Waals surface area contributed by atoms with Gasteiger partial charge in [-0.3, -0.25) is 14.5 Å². The second-order valence-corrected chi connectivity index (χ2v) is 9.41. The maximum absolute atomic E-state index is 13.4. The van der Waals surface area contributed by atoms with Crippen LogP contribution in [0.5, 0.6) is 0 Å². The van der Waals surface area contributed by atoms with Crippen LogP contribution in [0.3, 0.4) is 0 Å². The van der Waals surface area contributed by atoms with Crippen LogP contribution >= 0.6 is 11.6 Å². The van der Waals surface area contributed by atoms with E-state index < -0.39 is 36.0 Å². The average Bonchev–Trinajstić information content (AvgIpc) is 3.12. The molecule has 5 rings (SSSR count). The third-order valence-corrected chi connectivity index (χ3v) is 6.80. The van der Waals surface area contributed by atoms with Crippen molar-refractivity contribution in [2.75, 3.05) is 6.54 Å². The highest BCUT2D eigenvalue weighted by atomic mass is 35.5. The lowest BCUT2D eigenvalue weighted by atomic mass is 9.90. The van der Waals surface area contributed by atoms with Crippen LogP contribution in [0.25, 0.3) is 10.8 Å². The van der Waals surface area contributed by atoms with Gasteiger partial charge in [-0.15, -0.1) is 0 Å². The van der Waals surface area contributed by atoms with E-state index in [1.54, 1.807) is 19.1 Å². The van der Waals surface area contributed by atoms with Crippen molar-refractivity contribution in [2.24, 2.45) is 0 Å². The first kappa shape index (κ1) is 23.6. The highest BCUT2D eigenvalue weighted by molar-refractivity contribution is 6.30.